The van der Waals surface area contributed by atoms with Gasteiger partial charge in [0.1, 0.15) is 0 Å². The summed E-state index contributed by atoms with van der Waals surface area (Å²) in [4.78, 5) is 14.4. The standard InChI is InChI=1S/C11H21N3O/c1-2-11(4-3-5-13-11)10(15)14-8-6-12-7-9-14/h12-13H,2-9H2,1H3. The molecule has 0 saturated carbocycles. The number of nitrogens with zero attached hydrogens (tertiary/aromatic N) is 1. The van der Waals surface area contributed by atoms with E-state index in [0.717, 1.165) is 52.0 Å². The van der Waals surface area contributed by atoms with E-state index in [9.17, 15) is 4.79 Å². The zero-order valence-electron chi connectivity index (χ0n) is 9.51. The van der Waals surface area contributed by atoms with Gasteiger partial charge < -0.3 is 15.5 Å². The molecule has 4 heteroatoms. The molecule has 1 atom stereocenters. The van der Waals surface area contributed by atoms with Crippen LogP contribution in [0.5, 0.6) is 0 Å². The average Bonchev–Trinajstić information content (AvgIpc) is 2.79. The van der Waals surface area contributed by atoms with Crippen LogP contribution in [0.25, 0.3) is 0 Å². The van der Waals surface area contributed by atoms with Gasteiger partial charge in [0.25, 0.3) is 0 Å². The Hall–Kier alpha value is -0.610. The molecule has 0 radical (unpaired) electrons. The van der Waals surface area contributed by atoms with E-state index in [1.807, 2.05) is 4.90 Å². The Balaban J connectivity index is 2.03. The molecular weight excluding hydrogens is 190 g/mol. The summed E-state index contributed by atoms with van der Waals surface area (Å²) < 4.78 is 0. The van der Waals surface area contributed by atoms with Crippen molar-refractivity contribution in [3.05, 3.63) is 0 Å². The second kappa shape index (κ2) is 4.49. The van der Waals surface area contributed by atoms with Crippen molar-refractivity contribution in [3.63, 3.8) is 0 Å². The smallest absolute Gasteiger partial charge is 0.242 e. The quantitative estimate of drug-likeness (QED) is 0.673. The first-order valence-electron chi connectivity index (χ1n) is 6.04. The van der Waals surface area contributed by atoms with Gasteiger partial charge in [-0.05, 0) is 25.8 Å². The largest absolute Gasteiger partial charge is 0.339 e. The number of piperazine rings is 1. The van der Waals surface area contributed by atoms with E-state index in [-0.39, 0.29) is 5.54 Å². The van der Waals surface area contributed by atoms with Crippen molar-refractivity contribution in [2.45, 2.75) is 31.7 Å². The number of carbonyl (C=O) groups excluding carboxylic acids is 1. The molecule has 2 saturated heterocycles. The van der Waals surface area contributed by atoms with Crippen molar-refractivity contribution in [1.29, 1.82) is 0 Å². The molecule has 0 bridgehead atoms. The summed E-state index contributed by atoms with van der Waals surface area (Å²) in [6.07, 6.45) is 3.05. The summed E-state index contributed by atoms with van der Waals surface area (Å²) in [5.41, 5.74) is -0.239. The third-order valence-corrected chi connectivity index (χ3v) is 3.66. The Bertz CT molecular complexity index is 230. The average molecular weight is 211 g/mol. The molecule has 86 valence electrons. The lowest BCUT2D eigenvalue weighted by Gasteiger charge is -2.36. The monoisotopic (exact) mass is 211 g/mol. The van der Waals surface area contributed by atoms with Crippen LogP contribution >= 0.6 is 0 Å². The molecule has 1 amide bonds. The highest BCUT2D eigenvalue weighted by Gasteiger charge is 2.41. The predicted octanol–water partition coefficient (Wildman–Crippen LogP) is -0.0496. The van der Waals surface area contributed by atoms with Gasteiger partial charge in [-0.1, -0.05) is 6.92 Å². The van der Waals surface area contributed by atoms with Crippen molar-refractivity contribution in [3.8, 4) is 0 Å². The maximum Gasteiger partial charge on any atom is 0.242 e. The van der Waals surface area contributed by atoms with Gasteiger partial charge in [0.2, 0.25) is 5.91 Å². The molecule has 2 heterocycles. The summed E-state index contributed by atoms with van der Waals surface area (Å²) >= 11 is 0. The summed E-state index contributed by atoms with van der Waals surface area (Å²) in [5, 5.41) is 6.68. The van der Waals surface area contributed by atoms with E-state index in [4.69, 9.17) is 0 Å². The SMILES string of the molecule is CCC1(C(=O)N2CCNCC2)CCCN1. The summed E-state index contributed by atoms with van der Waals surface area (Å²) in [6.45, 7) is 6.70. The van der Waals surface area contributed by atoms with Gasteiger partial charge in [-0.25, -0.2) is 0 Å². The van der Waals surface area contributed by atoms with Crippen molar-refractivity contribution in [2.24, 2.45) is 0 Å². The van der Waals surface area contributed by atoms with E-state index in [0.29, 0.717) is 5.91 Å². The molecule has 2 rings (SSSR count). The number of hydrogen-bond donors (Lipinski definition) is 2. The predicted molar refractivity (Wildman–Crippen MR) is 59.7 cm³/mol. The first kappa shape index (κ1) is 10.9. The molecule has 2 aliphatic heterocycles. The topological polar surface area (TPSA) is 44.4 Å². The van der Waals surface area contributed by atoms with E-state index < -0.39 is 0 Å². The van der Waals surface area contributed by atoms with Crippen LogP contribution < -0.4 is 10.6 Å². The Kier molecular flexibility index (Phi) is 3.26. The van der Waals surface area contributed by atoms with Crippen LogP contribution in [0.3, 0.4) is 0 Å². The second-order valence-electron chi connectivity index (χ2n) is 4.51. The number of rotatable bonds is 2. The minimum Gasteiger partial charge on any atom is -0.339 e. The van der Waals surface area contributed by atoms with Crippen LogP contribution in [-0.4, -0.2) is 49.1 Å². The lowest BCUT2D eigenvalue weighted by molar-refractivity contribution is -0.138. The highest BCUT2D eigenvalue weighted by atomic mass is 16.2. The molecule has 2 N–H and O–H groups in total. The minimum absolute atomic E-state index is 0.239. The molecule has 4 nitrogen and oxygen atoms in total. The number of nitrogens with one attached hydrogen (secondary N) is 2. The summed E-state index contributed by atoms with van der Waals surface area (Å²) in [6, 6.07) is 0. The van der Waals surface area contributed by atoms with Crippen LogP contribution in [0.4, 0.5) is 0 Å². The number of hydrogen-bond acceptors (Lipinski definition) is 3. The number of amides is 1. The van der Waals surface area contributed by atoms with E-state index in [1.54, 1.807) is 0 Å². The van der Waals surface area contributed by atoms with Crippen LogP contribution in [0.15, 0.2) is 0 Å². The number of carbonyl (C=O) groups is 1. The first-order chi connectivity index (χ1) is 7.28. The second-order valence-corrected chi connectivity index (χ2v) is 4.51. The molecule has 2 fully saturated rings. The molecular formula is C11H21N3O. The highest BCUT2D eigenvalue weighted by Crippen LogP contribution is 2.25. The fourth-order valence-electron chi connectivity index (χ4n) is 2.61. The molecule has 0 aromatic heterocycles. The van der Waals surface area contributed by atoms with Gasteiger partial charge in [0.05, 0.1) is 5.54 Å². The van der Waals surface area contributed by atoms with Gasteiger partial charge in [-0.15, -0.1) is 0 Å². The molecule has 15 heavy (non-hydrogen) atoms. The van der Waals surface area contributed by atoms with Crippen molar-refractivity contribution < 1.29 is 4.79 Å². The fourth-order valence-corrected chi connectivity index (χ4v) is 2.61. The van der Waals surface area contributed by atoms with E-state index in [1.165, 1.54) is 0 Å². The normalized spacial score (nSPS) is 31.9. The van der Waals surface area contributed by atoms with Crippen molar-refractivity contribution in [1.82, 2.24) is 15.5 Å². The Labute approximate surface area is 91.4 Å². The Morgan fingerprint density at radius 1 is 1.33 bits per heavy atom. The Morgan fingerprint density at radius 2 is 2.07 bits per heavy atom. The van der Waals surface area contributed by atoms with Crippen LogP contribution in [0.2, 0.25) is 0 Å². The summed E-state index contributed by atoms with van der Waals surface area (Å²) in [5.74, 6) is 0.323. The molecule has 0 aliphatic carbocycles. The third-order valence-electron chi connectivity index (χ3n) is 3.66. The van der Waals surface area contributed by atoms with Crippen LogP contribution in [-0.2, 0) is 4.79 Å². The zero-order chi connectivity index (χ0) is 10.7. The van der Waals surface area contributed by atoms with Crippen molar-refractivity contribution in [2.75, 3.05) is 32.7 Å². The van der Waals surface area contributed by atoms with Crippen molar-refractivity contribution >= 4 is 5.91 Å². The maximum absolute atomic E-state index is 12.4. The van der Waals surface area contributed by atoms with Crippen LogP contribution in [0.1, 0.15) is 26.2 Å². The van der Waals surface area contributed by atoms with Crippen LogP contribution in [0, 0.1) is 0 Å². The first-order valence-corrected chi connectivity index (χ1v) is 6.04. The molecule has 1 unspecified atom stereocenters. The molecule has 0 aromatic carbocycles. The zero-order valence-corrected chi connectivity index (χ0v) is 9.51. The van der Waals surface area contributed by atoms with E-state index >= 15 is 0 Å². The van der Waals surface area contributed by atoms with Gasteiger partial charge >= 0.3 is 0 Å². The molecule has 2 aliphatic rings. The van der Waals surface area contributed by atoms with E-state index in [2.05, 4.69) is 17.6 Å². The Morgan fingerprint density at radius 3 is 2.60 bits per heavy atom. The van der Waals surface area contributed by atoms with Gasteiger partial charge in [-0.2, -0.15) is 0 Å². The lowest BCUT2D eigenvalue weighted by atomic mass is 9.92. The maximum atomic E-state index is 12.4. The summed E-state index contributed by atoms with van der Waals surface area (Å²) in [7, 11) is 0. The van der Waals surface area contributed by atoms with Gasteiger partial charge in [0.15, 0.2) is 0 Å². The lowest BCUT2D eigenvalue weighted by Crippen LogP contribution is -2.58. The third kappa shape index (κ3) is 2.01. The molecule has 0 spiro atoms. The molecule has 0 aromatic rings. The highest BCUT2D eigenvalue weighted by molar-refractivity contribution is 5.86. The van der Waals surface area contributed by atoms with Gasteiger partial charge in [0, 0.05) is 26.2 Å². The minimum atomic E-state index is -0.239. The van der Waals surface area contributed by atoms with Gasteiger partial charge in [-0.3, -0.25) is 4.79 Å². The fraction of sp³-hybridized carbons (Fsp3) is 0.909.